The van der Waals surface area contributed by atoms with Crippen LogP contribution in [-0.2, 0) is 4.74 Å². The van der Waals surface area contributed by atoms with E-state index >= 15 is 0 Å². The molecule has 1 fully saturated rings. The van der Waals surface area contributed by atoms with E-state index in [0.29, 0.717) is 12.1 Å². The molecule has 148 valence electrons. The van der Waals surface area contributed by atoms with Crippen LogP contribution in [0.4, 0.5) is 5.82 Å². The summed E-state index contributed by atoms with van der Waals surface area (Å²) in [4.78, 5) is 24.8. The van der Waals surface area contributed by atoms with Gasteiger partial charge in [-0.3, -0.25) is 4.79 Å². The van der Waals surface area contributed by atoms with E-state index < -0.39 is 0 Å². The molecule has 0 atom stereocenters. The summed E-state index contributed by atoms with van der Waals surface area (Å²) < 4.78 is 5.38. The van der Waals surface area contributed by atoms with Gasteiger partial charge in [-0.1, -0.05) is 24.3 Å². The number of rotatable bonds is 3. The highest BCUT2D eigenvalue weighted by molar-refractivity contribution is 5.96. The lowest BCUT2D eigenvalue weighted by Crippen LogP contribution is -2.37. The van der Waals surface area contributed by atoms with Crippen LogP contribution in [0.1, 0.15) is 22.3 Å². The van der Waals surface area contributed by atoms with Crippen LogP contribution in [0.15, 0.2) is 54.9 Å². The minimum atomic E-state index is 0.0419. The van der Waals surface area contributed by atoms with Crippen molar-refractivity contribution in [3.8, 4) is 0 Å². The molecule has 1 aromatic carbocycles. The normalized spacial score (nSPS) is 17.4. The first-order chi connectivity index (χ1) is 14.3. The van der Waals surface area contributed by atoms with Gasteiger partial charge in [-0.15, -0.1) is 0 Å². The summed E-state index contributed by atoms with van der Waals surface area (Å²) in [5.74, 6) is 0.949. The van der Waals surface area contributed by atoms with Gasteiger partial charge in [0.05, 0.1) is 18.8 Å². The van der Waals surface area contributed by atoms with Gasteiger partial charge >= 0.3 is 0 Å². The number of para-hydroxylation sites is 1. The predicted molar refractivity (Wildman–Crippen MR) is 114 cm³/mol. The number of pyridine rings is 1. The van der Waals surface area contributed by atoms with Gasteiger partial charge in [0.15, 0.2) is 0 Å². The molecule has 2 aromatic heterocycles. The molecule has 0 bridgehead atoms. The highest BCUT2D eigenvalue weighted by atomic mass is 16.5. The molecule has 0 saturated carbocycles. The Morgan fingerprint density at radius 3 is 2.69 bits per heavy atom. The number of ether oxygens (including phenoxy) is 1. The highest BCUT2D eigenvalue weighted by Crippen LogP contribution is 2.29. The fourth-order valence-electron chi connectivity index (χ4n) is 4.11. The van der Waals surface area contributed by atoms with E-state index in [0.717, 1.165) is 50.6 Å². The number of carbonyl (C=O) groups is 1. The first-order valence-electron chi connectivity index (χ1n) is 10.1. The summed E-state index contributed by atoms with van der Waals surface area (Å²) in [6.45, 7) is 4.47. The second-order valence-electron chi connectivity index (χ2n) is 7.48. The summed E-state index contributed by atoms with van der Waals surface area (Å²) in [6.07, 6.45) is 6.80. The van der Waals surface area contributed by atoms with Gasteiger partial charge in [0.2, 0.25) is 0 Å². The molecule has 0 aliphatic carbocycles. The van der Waals surface area contributed by atoms with Gasteiger partial charge in [0, 0.05) is 55.0 Å². The van der Waals surface area contributed by atoms with Crippen molar-refractivity contribution < 1.29 is 9.53 Å². The van der Waals surface area contributed by atoms with Crippen molar-refractivity contribution >= 4 is 28.2 Å². The van der Waals surface area contributed by atoms with Crippen LogP contribution in [0.3, 0.4) is 0 Å². The molecule has 1 saturated heterocycles. The number of morpholine rings is 1. The second kappa shape index (κ2) is 7.72. The molecule has 5 rings (SSSR count). The molecule has 1 N–H and O–H groups in total. The summed E-state index contributed by atoms with van der Waals surface area (Å²) >= 11 is 0. The van der Waals surface area contributed by atoms with Gasteiger partial charge < -0.3 is 19.5 Å². The number of anilines is 1. The smallest absolute Gasteiger partial charge is 0.255 e. The largest absolute Gasteiger partial charge is 0.378 e. The van der Waals surface area contributed by atoms with Crippen molar-refractivity contribution in [3.63, 3.8) is 0 Å². The number of amides is 1. The maximum Gasteiger partial charge on any atom is 0.255 e. The van der Waals surface area contributed by atoms with Crippen molar-refractivity contribution in [2.75, 3.05) is 44.3 Å². The quantitative estimate of drug-likeness (QED) is 0.748. The summed E-state index contributed by atoms with van der Waals surface area (Å²) in [6, 6.07) is 12.2. The Morgan fingerprint density at radius 1 is 1.07 bits per heavy atom. The average Bonchev–Trinajstić information content (AvgIpc) is 3.24. The molecule has 2 aliphatic rings. The van der Waals surface area contributed by atoms with Crippen molar-refractivity contribution in [2.24, 2.45) is 0 Å². The number of carbonyl (C=O) groups excluding carboxylic acids is 1. The number of hydrogen-bond donors (Lipinski definition) is 1. The van der Waals surface area contributed by atoms with E-state index in [2.05, 4.69) is 45.3 Å². The maximum atomic E-state index is 12.9. The number of hydrogen-bond acceptors (Lipinski definition) is 4. The van der Waals surface area contributed by atoms with Crippen LogP contribution in [0.25, 0.3) is 16.5 Å². The number of aromatic nitrogens is 2. The van der Waals surface area contributed by atoms with Gasteiger partial charge in [-0.05, 0) is 30.2 Å². The van der Waals surface area contributed by atoms with Crippen molar-refractivity contribution in [2.45, 2.75) is 6.42 Å². The fraction of sp³-hybridized carbons (Fsp3) is 0.304. The number of H-pyrrole nitrogens is 1. The average molecular weight is 388 g/mol. The topological polar surface area (TPSA) is 61.5 Å². The van der Waals surface area contributed by atoms with Gasteiger partial charge in [0.25, 0.3) is 5.91 Å². The maximum absolute atomic E-state index is 12.9. The number of nitrogens with zero attached hydrogens (tertiary/aromatic N) is 3. The van der Waals surface area contributed by atoms with E-state index in [1.807, 2.05) is 23.1 Å². The molecule has 6 heteroatoms. The van der Waals surface area contributed by atoms with Crippen LogP contribution in [0.5, 0.6) is 0 Å². The molecular weight excluding hydrogens is 364 g/mol. The second-order valence-corrected chi connectivity index (χ2v) is 7.48. The highest BCUT2D eigenvalue weighted by Gasteiger charge is 2.21. The number of fused-ring (bicyclic) bond motifs is 1. The van der Waals surface area contributed by atoms with Crippen molar-refractivity contribution in [1.82, 2.24) is 14.9 Å². The first-order valence-corrected chi connectivity index (χ1v) is 10.1. The zero-order chi connectivity index (χ0) is 19.6. The lowest BCUT2D eigenvalue weighted by molar-refractivity contribution is 0.0772. The van der Waals surface area contributed by atoms with Crippen LogP contribution >= 0.6 is 0 Å². The molecular formula is C23H24N4O2. The Balaban J connectivity index is 1.28. The number of aromatic amines is 1. The molecule has 3 aromatic rings. The molecule has 29 heavy (non-hydrogen) atoms. The molecule has 4 heterocycles. The van der Waals surface area contributed by atoms with Gasteiger partial charge in [-0.25, -0.2) is 4.98 Å². The fourth-order valence-corrected chi connectivity index (χ4v) is 4.11. The van der Waals surface area contributed by atoms with E-state index in [9.17, 15) is 4.79 Å². The third-order valence-electron chi connectivity index (χ3n) is 5.76. The van der Waals surface area contributed by atoms with Crippen molar-refractivity contribution in [3.05, 3.63) is 66.0 Å². The van der Waals surface area contributed by atoms with Crippen LogP contribution in [-0.4, -0.2) is 60.2 Å². The first kappa shape index (κ1) is 17.9. The Hall–Kier alpha value is -3.12. The summed E-state index contributed by atoms with van der Waals surface area (Å²) in [5, 5.41) is 1.24. The Bertz CT molecular complexity index is 1050. The standard InChI is InChI=1S/C23H24N4O2/c28-23(18-5-6-22(25-15-18)26-11-13-29-14-12-26)27-9-7-17(8-10-27)20-16-24-21-4-2-1-3-19(20)21/h1-7,15-16,24H,8-14H2. The Morgan fingerprint density at radius 2 is 1.93 bits per heavy atom. The summed E-state index contributed by atoms with van der Waals surface area (Å²) in [5.41, 5.74) is 4.33. The molecule has 2 aliphatic heterocycles. The van der Waals surface area contributed by atoms with E-state index in [-0.39, 0.29) is 5.91 Å². The predicted octanol–water partition coefficient (Wildman–Crippen LogP) is 3.33. The van der Waals surface area contributed by atoms with E-state index in [4.69, 9.17) is 4.74 Å². The Kier molecular flexibility index (Phi) is 4.77. The van der Waals surface area contributed by atoms with E-state index in [1.54, 1.807) is 6.20 Å². The lowest BCUT2D eigenvalue weighted by Gasteiger charge is -2.28. The molecule has 6 nitrogen and oxygen atoms in total. The van der Waals surface area contributed by atoms with Gasteiger partial charge in [0.1, 0.15) is 5.82 Å². The van der Waals surface area contributed by atoms with E-state index in [1.165, 1.54) is 16.5 Å². The minimum Gasteiger partial charge on any atom is -0.378 e. The monoisotopic (exact) mass is 388 g/mol. The zero-order valence-corrected chi connectivity index (χ0v) is 16.3. The van der Waals surface area contributed by atoms with Crippen LogP contribution < -0.4 is 4.90 Å². The SMILES string of the molecule is O=C(c1ccc(N2CCOCC2)nc1)N1CC=C(c2c[nH]c3ccccc23)CC1. The molecule has 0 spiro atoms. The van der Waals surface area contributed by atoms with Gasteiger partial charge in [-0.2, -0.15) is 0 Å². The molecule has 0 unspecified atom stereocenters. The molecule has 1 amide bonds. The minimum absolute atomic E-state index is 0.0419. The molecule has 0 radical (unpaired) electrons. The zero-order valence-electron chi connectivity index (χ0n) is 16.3. The lowest BCUT2D eigenvalue weighted by atomic mass is 9.98. The third kappa shape index (κ3) is 3.51. The van der Waals surface area contributed by atoms with Crippen LogP contribution in [0.2, 0.25) is 0 Å². The summed E-state index contributed by atoms with van der Waals surface area (Å²) in [7, 11) is 0. The van der Waals surface area contributed by atoms with Crippen LogP contribution in [0, 0.1) is 0 Å². The number of benzene rings is 1. The van der Waals surface area contributed by atoms with Crippen molar-refractivity contribution in [1.29, 1.82) is 0 Å². The number of nitrogens with one attached hydrogen (secondary N) is 1. The Labute approximate surface area is 169 Å². The third-order valence-corrected chi connectivity index (χ3v) is 5.76.